The second-order valence-corrected chi connectivity index (χ2v) is 5.04. The monoisotopic (exact) mass is 281 g/mol. The lowest BCUT2D eigenvalue weighted by Gasteiger charge is -2.16. The summed E-state index contributed by atoms with van der Waals surface area (Å²) in [7, 11) is 0. The molecule has 1 aromatic rings. The lowest BCUT2D eigenvalue weighted by Crippen LogP contribution is -2.24. The molecule has 0 N–H and O–H groups in total. The Labute approximate surface area is 115 Å². The van der Waals surface area contributed by atoms with Gasteiger partial charge in [-0.15, -0.1) is 0 Å². The molecule has 1 rings (SSSR count). The largest absolute Gasteiger partial charge is 0.427 e. The number of hydrogen-bond donors (Lipinski definition) is 0. The van der Waals surface area contributed by atoms with Crippen molar-refractivity contribution in [3.8, 4) is 0 Å². The quantitative estimate of drug-likeness (QED) is 0.363. The van der Waals surface area contributed by atoms with E-state index in [1.807, 2.05) is 0 Å². The topological polar surface area (TPSA) is 95.7 Å². The van der Waals surface area contributed by atoms with E-state index in [1.54, 1.807) is 20.8 Å². The molecule has 0 atom stereocenters. The minimum Gasteiger partial charge on any atom is -0.427 e. The summed E-state index contributed by atoms with van der Waals surface area (Å²) in [5.41, 5.74) is -0.664. The van der Waals surface area contributed by atoms with Crippen LogP contribution in [0.1, 0.15) is 31.1 Å². The van der Waals surface area contributed by atoms with Gasteiger partial charge in [-0.05, 0) is 32.9 Å². The number of nitrogens with zero attached hydrogens (tertiary/aromatic N) is 1. The van der Waals surface area contributed by atoms with Crippen molar-refractivity contribution in [3.63, 3.8) is 0 Å². The van der Waals surface area contributed by atoms with Crippen molar-refractivity contribution in [3.05, 3.63) is 39.9 Å². The first-order chi connectivity index (χ1) is 9.21. The lowest BCUT2D eigenvalue weighted by atomic mass is 9.98. The molecular formula is C13H15NO6. The molecule has 0 aliphatic heterocycles. The van der Waals surface area contributed by atoms with E-state index in [0.29, 0.717) is 0 Å². The average Bonchev–Trinajstić information content (AvgIpc) is 2.37. The van der Waals surface area contributed by atoms with Gasteiger partial charge in [0.15, 0.2) is 0 Å². The molecule has 0 radical (unpaired) electrons. The maximum Gasteiger partial charge on any atom is 0.341 e. The van der Waals surface area contributed by atoms with Crippen LogP contribution < -0.4 is 0 Å². The molecule has 0 fully saturated rings. The van der Waals surface area contributed by atoms with Crippen LogP contribution in [0.2, 0.25) is 0 Å². The molecule has 0 amide bonds. The van der Waals surface area contributed by atoms with Crippen LogP contribution in [0.3, 0.4) is 0 Å². The summed E-state index contributed by atoms with van der Waals surface area (Å²) in [5, 5.41) is 10.5. The van der Waals surface area contributed by atoms with Crippen LogP contribution in [-0.2, 0) is 14.3 Å². The highest BCUT2D eigenvalue weighted by Gasteiger charge is 2.23. The van der Waals surface area contributed by atoms with E-state index in [2.05, 4.69) is 0 Å². The van der Waals surface area contributed by atoms with Crippen molar-refractivity contribution in [1.29, 1.82) is 0 Å². The minimum absolute atomic E-state index is 0.124. The first-order valence-corrected chi connectivity index (χ1v) is 5.80. The van der Waals surface area contributed by atoms with Crippen LogP contribution >= 0.6 is 0 Å². The number of hydrogen-bond acceptors (Lipinski definition) is 6. The van der Waals surface area contributed by atoms with E-state index in [1.165, 1.54) is 24.3 Å². The average molecular weight is 281 g/mol. The molecule has 7 nitrogen and oxygen atoms in total. The molecule has 0 aromatic heterocycles. The van der Waals surface area contributed by atoms with Crippen molar-refractivity contribution in [2.45, 2.75) is 20.8 Å². The third-order valence-corrected chi connectivity index (χ3v) is 2.31. The van der Waals surface area contributed by atoms with Crippen molar-refractivity contribution in [2.75, 3.05) is 6.79 Å². The van der Waals surface area contributed by atoms with Gasteiger partial charge in [-0.25, -0.2) is 4.79 Å². The van der Waals surface area contributed by atoms with Crippen LogP contribution in [0.5, 0.6) is 0 Å². The third kappa shape index (κ3) is 4.34. The molecule has 0 saturated carbocycles. The number of non-ortho nitro benzene ring substituents is 1. The second kappa shape index (κ2) is 6.14. The molecule has 0 spiro atoms. The highest BCUT2D eigenvalue weighted by atomic mass is 16.7. The van der Waals surface area contributed by atoms with E-state index in [9.17, 15) is 19.7 Å². The molecular weight excluding hydrogens is 266 g/mol. The predicted octanol–water partition coefficient (Wildman–Crippen LogP) is 2.30. The lowest BCUT2D eigenvalue weighted by molar-refractivity contribution is -0.384. The summed E-state index contributed by atoms with van der Waals surface area (Å²) in [4.78, 5) is 32.9. The van der Waals surface area contributed by atoms with E-state index >= 15 is 0 Å². The van der Waals surface area contributed by atoms with Gasteiger partial charge in [0.25, 0.3) is 5.69 Å². The number of benzene rings is 1. The van der Waals surface area contributed by atoms with Gasteiger partial charge >= 0.3 is 11.9 Å². The molecule has 0 aliphatic rings. The van der Waals surface area contributed by atoms with Crippen LogP contribution in [0, 0.1) is 15.5 Å². The van der Waals surface area contributed by atoms with Crippen molar-refractivity contribution in [2.24, 2.45) is 5.41 Å². The molecule has 0 bridgehead atoms. The van der Waals surface area contributed by atoms with Crippen LogP contribution in [0.25, 0.3) is 0 Å². The summed E-state index contributed by atoms with van der Waals surface area (Å²) in [6, 6.07) is 4.92. The maximum atomic E-state index is 11.6. The SMILES string of the molecule is CC(C)(C)C(=O)OCOC(=O)c1ccc([N+](=O)[O-])cc1. The highest BCUT2D eigenvalue weighted by molar-refractivity contribution is 5.89. The molecule has 7 heteroatoms. The Hall–Kier alpha value is -2.44. The van der Waals surface area contributed by atoms with E-state index in [-0.39, 0.29) is 11.3 Å². The van der Waals surface area contributed by atoms with E-state index in [4.69, 9.17) is 9.47 Å². The Morgan fingerprint density at radius 2 is 1.70 bits per heavy atom. The Kier molecular flexibility index (Phi) is 4.79. The van der Waals surface area contributed by atoms with E-state index in [0.717, 1.165) is 0 Å². The number of carbonyl (C=O) groups is 2. The van der Waals surface area contributed by atoms with Gasteiger partial charge in [0.2, 0.25) is 6.79 Å². The highest BCUT2D eigenvalue weighted by Crippen LogP contribution is 2.15. The van der Waals surface area contributed by atoms with Gasteiger partial charge in [-0.2, -0.15) is 0 Å². The minimum atomic E-state index is -0.721. The Bertz CT molecular complexity index is 515. The Morgan fingerprint density at radius 1 is 1.15 bits per heavy atom. The second-order valence-electron chi connectivity index (χ2n) is 5.04. The standard InChI is InChI=1S/C13H15NO6/c1-13(2,3)12(16)20-8-19-11(15)9-4-6-10(7-5-9)14(17)18/h4-7H,8H2,1-3H3. The number of nitro benzene ring substituents is 1. The molecule has 0 unspecified atom stereocenters. The maximum absolute atomic E-state index is 11.6. The zero-order valence-corrected chi connectivity index (χ0v) is 11.4. The number of esters is 2. The van der Waals surface area contributed by atoms with Crippen LogP contribution in [0.4, 0.5) is 5.69 Å². The van der Waals surface area contributed by atoms with Gasteiger partial charge in [-0.3, -0.25) is 14.9 Å². The van der Waals surface area contributed by atoms with Crippen molar-refractivity contribution < 1.29 is 24.0 Å². The zero-order valence-electron chi connectivity index (χ0n) is 11.4. The molecule has 20 heavy (non-hydrogen) atoms. The summed E-state index contributed by atoms with van der Waals surface area (Å²) in [6.45, 7) is 4.53. The van der Waals surface area contributed by atoms with Gasteiger partial charge in [0, 0.05) is 12.1 Å². The van der Waals surface area contributed by atoms with Gasteiger partial charge in [-0.1, -0.05) is 0 Å². The predicted molar refractivity (Wildman–Crippen MR) is 68.9 cm³/mol. The molecule has 0 saturated heterocycles. The molecule has 1 aromatic carbocycles. The fraction of sp³-hybridized carbons (Fsp3) is 0.385. The number of nitro groups is 1. The smallest absolute Gasteiger partial charge is 0.341 e. The Morgan fingerprint density at radius 3 is 2.15 bits per heavy atom. The van der Waals surface area contributed by atoms with E-state index < -0.39 is 29.1 Å². The fourth-order valence-electron chi connectivity index (χ4n) is 1.16. The summed E-state index contributed by atoms with van der Waals surface area (Å²) in [6.07, 6.45) is 0. The van der Waals surface area contributed by atoms with Crippen LogP contribution in [-0.4, -0.2) is 23.7 Å². The molecule has 0 aliphatic carbocycles. The molecule has 108 valence electrons. The zero-order chi connectivity index (χ0) is 15.3. The summed E-state index contributed by atoms with van der Waals surface area (Å²) < 4.78 is 9.51. The first kappa shape index (κ1) is 15.6. The molecule has 0 heterocycles. The van der Waals surface area contributed by atoms with Gasteiger partial charge in [0.1, 0.15) is 0 Å². The summed E-state index contributed by atoms with van der Waals surface area (Å²) in [5.74, 6) is -1.21. The number of carbonyl (C=O) groups excluding carboxylic acids is 2. The van der Waals surface area contributed by atoms with Gasteiger partial charge < -0.3 is 9.47 Å². The fourth-order valence-corrected chi connectivity index (χ4v) is 1.16. The summed E-state index contributed by atoms with van der Waals surface area (Å²) >= 11 is 0. The van der Waals surface area contributed by atoms with Crippen molar-refractivity contribution in [1.82, 2.24) is 0 Å². The normalized spacial score (nSPS) is 10.8. The first-order valence-electron chi connectivity index (χ1n) is 5.80. The third-order valence-electron chi connectivity index (χ3n) is 2.31. The number of rotatable bonds is 4. The number of ether oxygens (including phenoxy) is 2. The van der Waals surface area contributed by atoms with Crippen molar-refractivity contribution >= 4 is 17.6 Å². The van der Waals surface area contributed by atoms with Gasteiger partial charge in [0.05, 0.1) is 15.9 Å². The van der Waals surface area contributed by atoms with Crippen LogP contribution in [0.15, 0.2) is 24.3 Å². The Balaban J connectivity index is 2.51.